The monoisotopic (exact) mass is 223 g/mol. The normalized spacial score (nSPS) is 26.0. The van der Waals surface area contributed by atoms with Crippen molar-refractivity contribution in [3.05, 3.63) is 12.7 Å². The van der Waals surface area contributed by atoms with Gasteiger partial charge in [0.15, 0.2) is 0 Å². The smallest absolute Gasteiger partial charge is 0.126 e. The molecule has 1 saturated heterocycles. The van der Waals surface area contributed by atoms with Crippen LogP contribution < -0.4 is 5.32 Å². The maximum Gasteiger partial charge on any atom is 0.126 e. The van der Waals surface area contributed by atoms with Gasteiger partial charge in [-0.1, -0.05) is 26.3 Å². The van der Waals surface area contributed by atoms with E-state index in [1.807, 2.05) is 6.08 Å². The van der Waals surface area contributed by atoms with E-state index in [0.717, 1.165) is 38.8 Å². The number of carbonyl (C=O) groups excluding carboxylic acids is 1. The van der Waals surface area contributed by atoms with Crippen LogP contribution in [0, 0.1) is 17.3 Å². The molecule has 1 aliphatic rings. The summed E-state index contributed by atoms with van der Waals surface area (Å²) in [6.07, 6.45) is 7.29. The first-order valence-electron chi connectivity index (χ1n) is 6.49. The molecule has 0 radical (unpaired) electrons. The molecule has 1 rings (SSSR count). The standard InChI is InChI=1S/C14H25NO/c1-4-6-8-14(11-16,12(3)5-2)13-7-9-15-10-13/h4,11-13,15H,1,5-10H2,2-3H3. The second kappa shape index (κ2) is 6.19. The van der Waals surface area contributed by atoms with Gasteiger partial charge in [0.1, 0.15) is 6.29 Å². The highest BCUT2D eigenvalue weighted by Crippen LogP contribution is 2.43. The molecular weight excluding hydrogens is 198 g/mol. The number of nitrogens with one attached hydrogen (secondary N) is 1. The molecule has 0 amide bonds. The average Bonchev–Trinajstić information content (AvgIpc) is 2.84. The van der Waals surface area contributed by atoms with Crippen molar-refractivity contribution in [2.75, 3.05) is 13.1 Å². The molecule has 0 bridgehead atoms. The molecule has 0 aromatic heterocycles. The highest BCUT2D eigenvalue weighted by Gasteiger charge is 2.42. The molecule has 0 aliphatic carbocycles. The number of carbonyl (C=O) groups is 1. The van der Waals surface area contributed by atoms with Gasteiger partial charge in [-0.3, -0.25) is 0 Å². The van der Waals surface area contributed by atoms with E-state index >= 15 is 0 Å². The molecule has 0 aromatic carbocycles. The molecule has 3 atom stereocenters. The minimum Gasteiger partial charge on any atom is -0.316 e. The number of rotatable bonds is 7. The lowest BCUT2D eigenvalue weighted by Crippen LogP contribution is -2.39. The summed E-state index contributed by atoms with van der Waals surface area (Å²) in [6.45, 7) is 10.2. The van der Waals surface area contributed by atoms with Crippen LogP contribution in [0.25, 0.3) is 0 Å². The Kier molecular flexibility index (Phi) is 5.20. The lowest BCUT2D eigenvalue weighted by molar-refractivity contribution is -0.122. The first-order chi connectivity index (χ1) is 7.71. The van der Waals surface area contributed by atoms with Crippen molar-refractivity contribution in [1.82, 2.24) is 5.32 Å². The molecule has 1 aliphatic heterocycles. The molecule has 2 nitrogen and oxygen atoms in total. The predicted molar refractivity (Wildman–Crippen MR) is 68.4 cm³/mol. The molecule has 0 aromatic rings. The van der Waals surface area contributed by atoms with Gasteiger partial charge in [0, 0.05) is 5.41 Å². The highest BCUT2D eigenvalue weighted by atomic mass is 16.1. The summed E-state index contributed by atoms with van der Waals surface area (Å²) >= 11 is 0. The lowest BCUT2D eigenvalue weighted by atomic mass is 9.64. The van der Waals surface area contributed by atoms with Crippen molar-refractivity contribution in [1.29, 1.82) is 0 Å². The third-order valence-corrected chi connectivity index (χ3v) is 4.35. The van der Waals surface area contributed by atoms with Crippen LogP contribution in [-0.2, 0) is 4.79 Å². The van der Waals surface area contributed by atoms with Gasteiger partial charge in [-0.2, -0.15) is 0 Å². The lowest BCUT2D eigenvalue weighted by Gasteiger charge is -2.39. The van der Waals surface area contributed by atoms with Gasteiger partial charge in [0.2, 0.25) is 0 Å². The first-order valence-corrected chi connectivity index (χ1v) is 6.49. The summed E-state index contributed by atoms with van der Waals surface area (Å²) in [7, 11) is 0. The van der Waals surface area contributed by atoms with Crippen LogP contribution in [0.5, 0.6) is 0 Å². The number of hydrogen-bond donors (Lipinski definition) is 1. The minimum atomic E-state index is -0.132. The largest absolute Gasteiger partial charge is 0.316 e. The summed E-state index contributed by atoms with van der Waals surface area (Å²) in [6, 6.07) is 0. The summed E-state index contributed by atoms with van der Waals surface area (Å²) < 4.78 is 0. The maximum atomic E-state index is 11.7. The molecule has 92 valence electrons. The number of allylic oxidation sites excluding steroid dienone is 1. The van der Waals surface area contributed by atoms with Crippen LogP contribution in [0.3, 0.4) is 0 Å². The van der Waals surface area contributed by atoms with Crippen molar-refractivity contribution in [2.24, 2.45) is 17.3 Å². The molecule has 0 spiro atoms. The number of aldehydes is 1. The molecule has 1 N–H and O–H groups in total. The summed E-state index contributed by atoms with van der Waals surface area (Å²) in [5.41, 5.74) is -0.132. The number of hydrogen-bond acceptors (Lipinski definition) is 2. The Labute approximate surface area is 99.5 Å². The Bertz CT molecular complexity index is 233. The Morgan fingerprint density at radius 3 is 2.81 bits per heavy atom. The molecule has 16 heavy (non-hydrogen) atoms. The van der Waals surface area contributed by atoms with E-state index in [1.165, 1.54) is 6.29 Å². The molecule has 0 saturated carbocycles. The van der Waals surface area contributed by atoms with Gasteiger partial charge in [0.05, 0.1) is 0 Å². The molecular formula is C14H25NO. The van der Waals surface area contributed by atoms with Crippen LogP contribution >= 0.6 is 0 Å². The van der Waals surface area contributed by atoms with Crippen molar-refractivity contribution >= 4 is 6.29 Å². The van der Waals surface area contributed by atoms with Crippen LogP contribution in [-0.4, -0.2) is 19.4 Å². The van der Waals surface area contributed by atoms with Gasteiger partial charge in [-0.25, -0.2) is 0 Å². The van der Waals surface area contributed by atoms with Gasteiger partial charge in [-0.15, -0.1) is 6.58 Å². The van der Waals surface area contributed by atoms with Gasteiger partial charge in [-0.05, 0) is 44.2 Å². The summed E-state index contributed by atoms with van der Waals surface area (Å²) in [4.78, 5) is 11.7. The van der Waals surface area contributed by atoms with E-state index in [9.17, 15) is 4.79 Å². The predicted octanol–water partition coefficient (Wildman–Crippen LogP) is 2.79. The zero-order chi connectivity index (χ0) is 12.0. The SMILES string of the molecule is C=CCCC(C=O)(C(C)CC)C1CCNC1. The zero-order valence-corrected chi connectivity index (χ0v) is 10.7. The third-order valence-electron chi connectivity index (χ3n) is 4.35. The Morgan fingerprint density at radius 1 is 1.62 bits per heavy atom. The summed E-state index contributed by atoms with van der Waals surface area (Å²) in [5.74, 6) is 0.981. The highest BCUT2D eigenvalue weighted by molar-refractivity contribution is 5.61. The average molecular weight is 223 g/mol. The van der Waals surface area contributed by atoms with Crippen LogP contribution in [0.4, 0.5) is 0 Å². The Hall–Kier alpha value is -0.630. The fourth-order valence-electron chi connectivity index (χ4n) is 2.97. The van der Waals surface area contributed by atoms with Crippen LogP contribution in [0.1, 0.15) is 39.5 Å². The van der Waals surface area contributed by atoms with E-state index in [-0.39, 0.29) is 5.41 Å². The first kappa shape index (κ1) is 13.4. The minimum absolute atomic E-state index is 0.132. The van der Waals surface area contributed by atoms with Crippen molar-refractivity contribution in [3.8, 4) is 0 Å². The molecule has 3 unspecified atom stereocenters. The summed E-state index contributed by atoms with van der Waals surface area (Å²) in [5, 5.41) is 3.38. The van der Waals surface area contributed by atoms with E-state index in [0.29, 0.717) is 11.8 Å². The maximum absolute atomic E-state index is 11.7. The van der Waals surface area contributed by atoms with Gasteiger partial charge >= 0.3 is 0 Å². The Morgan fingerprint density at radius 2 is 2.38 bits per heavy atom. The molecule has 1 fully saturated rings. The van der Waals surface area contributed by atoms with Crippen molar-refractivity contribution in [3.63, 3.8) is 0 Å². The van der Waals surface area contributed by atoms with E-state index < -0.39 is 0 Å². The second-order valence-electron chi connectivity index (χ2n) is 5.06. The van der Waals surface area contributed by atoms with Crippen LogP contribution in [0.2, 0.25) is 0 Å². The van der Waals surface area contributed by atoms with Crippen LogP contribution in [0.15, 0.2) is 12.7 Å². The third kappa shape index (κ3) is 2.54. The van der Waals surface area contributed by atoms with Crippen molar-refractivity contribution in [2.45, 2.75) is 39.5 Å². The van der Waals surface area contributed by atoms with Gasteiger partial charge < -0.3 is 10.1 Å². The fourth-order valence-corrected chi connectivity index (χ4v) is 2.97. The molecule has 1 heterocycles. The van der Waals surface area contributed by atoms with E-state index in [4.69, 9.17) is 0 Å². The van der Waals surface area contributed by atoms with E-state index in [2.05, 4.69) is 25.7 Å². The van der Waals surface area contributed by atoms with E-state index in [1.54, 1.807) is 0 Å². The quantitative estimate of drug-likeness (QED) is 0.531. The molecule has 2 heteroatoms. The Balaban J connectivity index is 2.85. The fraction of sp³-hybridized carbons (Fsp3) is 0.786. The topological polar surface area (TPSA) is 29.1 Å². The van der Waals surface area contributed by atoms with Crippen molar-refractivity contribution < 1.29 is 4.79 Å². The van der Waals surface area contributed by atoms with Gasteiger partial charge in [0.25, 0.3) is 0 Å². The second-order valence-corrected chi connectivity index (χ2v) is 5.06. The zero-order valence-electron chi connectivity index (χ0n) is 10.7.